The lowest BCUT2D eigenvalue weighted by atomic mass is 10.0. The minimum Gasteiger partial charge on any atom is -0.323 e. The van der Waals surface area contributed by atoms with Crippen LogP contribution in [-0.2, 0) is 11.3 Å². The van der Waals surface area contributed by atoms with Crippen molar-refractivity contribution < 1.29 is 4.79 Å². The van der Waals surface area contributed by atoms with Gasteiger partial charge in [0.25, 0.3) is 5.56 Å². The van der Waals surface area contributed by atoms with E-state index in [4.69, 9.17) is 11.6 Å². The van der Waals surface area contributed by atoms with Gasteiger partial charge in [0.15, 0.2) is 0 Å². The number of nitrogens with one attached hydrogen (secondary N) is 1. The third-order valence-corrected chi connectivity index (χ3v) is 6.54. The Morgan fingerprint density at radius 1 is 0.909 bits per heavy atom. The van der Waals surface area contributed by atoms with Crippen molar-refractivity contribution in [1.29, 1.82) is 0 Å². The Bertz CT molecular complexity index is 1510. The van der Waals surface area contributed by atoms with Gasteiger partial charge in [-0.3, -0.25) is 14.2 Å². The van der Waals surface area contributed by atoms with Gasteiger partial charge < -0.3 is 5.32 Å². The summed E-state index contributed by atoms with van der Waals surface area (Å²) >= 11 is 7.52. The number of aromatic nitrogens is 2. The monoisotopic (exact) mass is 471 g/mol. The first-order chi connectivity index (χ1) is 16.1. The summed E-state index contributed by atoms with van der Waals surface area (Å²) in [5.41, 5.74) is 4.23. The minimum atomic E-state index is -0.352. The average Bonchev–Trinajstić information content (AvgIpc) is 3.28. The van der Waals surface area contributed by atoms with E-state index in [1.807, 2.05) is 47.8 Å². The number of anilines is 1. The molecule has 1 N–H and O–H groups in total. The van der Waals surface area contributed by atoms with Gasteiger partial charge in [0.2, 0.25) is 5.91 Å². The number of carbonyl (C=O) groups is 1. The fraction of sp³-hybridized carbons (Fsp3) is 0.0385. The molecule has 0 bridgehead atoms. The molecule has 0 atom stereocenters. The van der Waals surface area contributed by atoms with Gasteiger partial charge in [0, 0.05) is 10.9 Å². The first-order valence-electron chi connectivity index (χ1n) is 10.3. The second-order valence-corrected chi connectivity index (χ2v) is 8.74. The van der Waals surface area contributed by atoms with Crippen molar-refractivity contribution in [2.24, 2.45) is 0 Å². The highest BCUT2D eigenvalue weighted by molar-refractivity contribution is 7.17. The molecule has 0 fully saturated rings. The van der Waals surface area contributed by atoms with E-state index >= 15 is 0 Å². The number of para-hydroxylation sites is 1. The predicted molar refractivity (Wildman–Crippen MR) is 135 cm³/mol. The van der Waals surface area contributed by atoms with Crippen molar-refractivity contribution in [1.82, 2.24) is 9.55 Å². The second kappa shape index (κ2) is 9.02. The SMILES string of the molecule is O=C(Cn1cnc2scc(-c3ccc(-c4ccccc4)cc3)c2c1=O)Nc1ccccc1Cl. The molecule has 5 rings (SSSR count). The first-order valence-corrected chi connectivity index (χ1v) is 11.5. The molecular formula is C26H18ClN3O2S. The van der Waals surface area contributed by atoms with Crippen LogP contribution in [0.15, 0.2) is 95.4 Å². The highest BCUT2D eigenvalue weighted by atomic mass is 35.5. The molecule has 0 aliphatic carbocycles. The van der Waals surface area contributed by atoms with E-state index in [-0.39, 0.29) is 18.0 Å². The van der Waals surface area contributed by atoms with E-state index in [1.165, 1.54) is 22.2 Å². The van der Waals surface area contributed by atoms with Crippen LogP contribution >= 0.6 is 22.9 Å². The second-order valence-electron chi connectivity index (χ2n) is 7.48. The van der Waals surface area contributed by atoms with Crippen LogP contribution in [0, 0.1) is 0 Å². The number of rotatable bonds is 5. The number of thiophene rings is 1. The van der Waals surface area contributed by atoms with Crippen molar-refractivity contribution in [3.8, 4) is 22.3 Å². The number of nitrogens with zero attached hydrogens (tertiary/aromatic N) is 2. The summed E-state index contributed by atoms with van der Waals surface area (Å²) in [6, 6.07) is 25.2. The highest BCUT2D eigenvalue weighted by Crippen LogP contribution is 2.32. The van der Waals surface area contributed by atoms with Crippen LogP contribution in [0.5, 0.6) is 0 Å². The van der Waals surface area contributed by atoms with E-state index in [0.717, 1.165) is 22.3 Å². The van der Waals surface area contributed by atoms with Gasteiger partial charge in [0.1, 0.15) is 11.4 Å². The van der Waals surface area contributed by atoms with Crippen LogP contribution in [0.2, 0.25) is 5.02 Å². The number of carbonyl (C=O) groups excluding carboxylic acids is 1. The number of halogens is 1. The molecule has 0 saturated carbocycles. The number of fused-ring (bicyclic) bond motifs is 1. The normalized spacial score (nSPS) is 10.9. The van der Waals surface area contributed by atoms with Crippen LogP contribution in [0.4, 0.5) is 5.69 Å². The molecule has 0 aliphatic heterocycles. The van der Waals surface area contributed by atoms with Crippen molar-refractivity contribution in [3.05, 3.63) is 106 Å². The van der Waals surface area contributed by atoms with Crippen LogP contribution in [0.1, 0.15) is 0 Å². The molecule has 0 aliphatic rings. The van der Waals surface area contributed by atoms with E-state index in [1.54, 1.807) is 24.3 Å². The third-order valence-electron chi connectivity index (χ3n) is 5.33. The van der Waals surface area contributed by atoms with Gasteiger partial charge in [-0.2, -0.15) is 0 Å². The lowest BCUT2D eigenvalue weighted by Crippen LogP contribution is -2.27. The van der Waals surface area contributed by atoms with E-state index in [2.05, 4.69) is 22.4 Å². The minimum absolute atomic E-state index is 0.158. The zero-order valence-electron chi connectivity index (χ0n) is 17.4. The van der Waals surface area contributed by atoms with E-state index < -0.39 is 0 Å². The molecular weight excluding hydrogens is 454 g/mol. The van der Waals surface area contributed by atoms with Crippen molar-refractivity contribution in [2.75, 3.05) is 5.32 Å². The first kappa shape index (κ1) is 21.1. The molecule has 162 valence electrons. The van der Waals surface area contributed by atoms with Gasteiger partial charge in [-0.25, -0.2) is 4.98 Å². The quantitative estimate of drug-likeness (QED) is 0.337. The summed E-state index contributed by atoms with van der Waals surface area (Å²) < 4.78 is 1.32. The van der Waals surface area contributed by atoms with E-state index in [9.17, 15) is 9.59 Å². The molecule has 33 heavy (non-hydrogen) atoms. The van der Waals surface area contributed by atoms with Crippen LogP contribution < -0.4 is 10.9 Å². The topological polar surface area (TPSA) is 64.0 Å². The number of hydrogen-bond donors (Lipinski definition) is 1. The van der Waals surface area contributed by atoms with Crippen LogP contribution in [0.25, 0.3) is 32.5 Å². The maximum absolute atomic E-state index is 13.3. The van der Waals surface area contributed by atoms with Gasteiger partial charge in [-0.1, -0.05) is 78.3 Å². The van der Waals surface area contributed by atoms with Crippen molar-refractivity contribution in [3.63, 3.8) is 0 Å². The Balaban J connectivity index is 1.45. The summed E-state index contributed by atoms with van der Waals surface area (Å²) in [6.45, 7) is -0.158. The molecule has 0 saturated heterocycles. The Morgan fingerprint density at radius 2 is 1.58 bits per heavy atom. The Hall–Kier alpha value is -3.74. The maximum Gasteiger partial charge on any atom is 0.263 e. The molecule has 0 radical (unpaired) electrons. The summed E-state index contributed by atoms with van der Waals surface area (Å²) in [6.07, 6.45) is 1.41. The number of amides is 1. The lowest BCUT2D eigenvalue weighted by molar-refractivity contribution is -0.116. The fourth-order valence-electron chi connectivity index (χ4n) is 3.67. The van der Waals surface area contributed by atoms with Gasteiger partial charge in [-0.15, -0.1) is 11.3 Å². The molecule has 1 amide bonds. The zero-order chi connectivity index (χ0) is 22.8. The van der Waals surface area contributed by atoms with Crippen LogP contribution in [0.3, 0.4) is 0 Å². The summed E-state index contributed by atoms with van der Waals surface area (Å²) in [4.78, 5) is 30.8. The molecule has 2 aromatic heterocycles. The summed E-state index contributed by atoms with van der Waals surface area (Å²) in [5, 5.41) is 5.63. The molecule has 5 aromatic rings. The lowest BCUT2D eigenvalue weighted by Gasteiger charge is -2.09. The van der Waals surface area contributed by atoms with Gasteiger partial charge in [0.05, 0.1) is 22.4 Å². The fourth-order valence-corrected chi connectivity index (χ4v) is 4.76. The highest BCUT2D eigenvalue weighted by Gasteiger charge is 2.15. The molecule has 3 aromatic carbocycles. The van der Waals surface area contributed by atoms with Crippen LogP contribution in [-0.4, -0.2) is 15.5 Å². The van der Waals surface area contributed by atoms with Gasteiger partial charge in [-0.05, 0) is 28.8 Å². The van der Waals surface area contributed by atoms with Crippen molar-refractivity contribution in [2.45, 2.75) is 6.54 Å². The van der Waals surface area contributed by atoms with Crippen molar-refractivity contribution >= 4 is 44.7 Å². The average molecular weight is 472 g/mol. The summed E-state index contributed by atoms with van der Waals surface area (Å²) in [5.74, 6) is -0.352. The largest absolute Gasteiger partial charge is 0.323 e. The maximum atomic E-state index is 13.3. The number of hydrogen-bond acceptors (Lipinski definition) is 4. The molecule has 0 spiro atoms. The molecule has 5 nitrogen and oxygen atoms in total. The zero-order valence-corrected chi connectivity index (χ0v) is 18.9. The van der Waals surface area contributed by atoms with E-state index in [0.29, 0.717) is 20.9 Å². The Morgan fingerprint density at radius 3 is 2.33 bits per heavy atom. The molecule has 0 unspecified atom stereocenters. The van der Waals surface area contributed by atoms with Gasteiger partial charge >= 0.3 is 0 Å². The smallest absolute Gasteiger partial charge is 0.263 e. The number of benzene rings is 3. The Kier molecular flexibility index (Phi) is 5.77. The predicted octanol–water partition coefficient (Wildman–Crippen LogP) is 6.08. The summed E-state index contributed by atoms with van der Waals surface area (Å²) in [7, 11) is 0. The molecule has 2 heterocycles. The molecule has 7 heteroatoms. The Labute approximate surface area is 198 Å². The third kappa shape index (κ3) is 4.31. The standard InChI is InChI=1S/C26H18ClN3O2S/c27-21-8-4-5-9-22(21)29-23(31)14-30-16-28-25-24(26(30)32)20(15-33-25)19-12-10-18(11-13-19)17-6-2-1-3-7-17/h1-13,15-16H,14H2,(H,29,31).